The smallest absolute Gasteiger partial charge is 0.261 e. The van der Waals surface area contributed by atoms with E-state index in [2.05, 4.69) is 10.2 Å². The van der Waals surface area contributed by atoms with Crippen LogP contribution in [0.1, 0.15) is 31.2 Å². The third-order valence-electron chi connectivity index (χ3n) is 5.73. The number of anilines is 1. The van der Waals surface area contributed by atoms with Crippen molar-refractivity contribution in [2.24, 2.45) is 0 Å². The molecule has 26 heavy (non-hydrogen) atoms. The summed E-state index contributed by atoms with van der Waals surface area (Å²) in [4.78, 5) is 2.44. The van der Waals surface area contributed by atoms with Crippen LogP contribution in [-0.2, 0) is 16.4 Å². The Morgan fingerprint density at radius 1 is 1.15 bits per heavy atom. The highest BCUT2D eigenvalue weighted by Gasteiger charge is 2.41. The monoisotopic (exact) mass is 385 g/mol. The van der Waals surface area contributed by atoms with Crippen molar-refractivity contribution in [1.82, 2.24) is 9.62 Å². The maximum absolute atomic E-state index is 13.7. The van der Waals surface area contributed by atoms with Gasteiger partial charge in [-0.3, -0.25) is 0 Å². The van der Waals surface area contributed by atoms with Crippen molar-refractivity contribution < 1.29 is 17.2 Å². The maximum Gasteiger partial charge on any atom is 0.261 e. The van der Waals surface area contributed by atoms with Gasteiger partial charge in [-0.15, -0.1) is 0 Å². The van der Waals surface area contributed by atoms with E-state index >= 15 is 0 Å². The Bertz CT molecular complexity index is 779. The fraction of sp³-hybridized carbons (Fsp3) is 0.667. The number of hydrogen-bond donors (Lipinski definition) is 1. The minimum atomic E-state index is -3.89. The van der Waals surface area contributed by atoms with E-state index in [0.29, 0.717) is 6.04 Å². The summed E-state index contributed by atoms with van der Waals surface area (Å²) < 4.78 is 54.2. The first kappa shape index (κ1) is 18.1. The molecule has 1 aromatic carbocycles. The van der Waals surface area contributed by atoms with Crippen LogP contribution in [0.15, 0.2) is 23.1 Å². The van der Waals surface area contributed by atoms with Crippen LogP contribution in [-0.4, -0.2) is 57.4 Å². The molecular weight excluding hydrogens is 360 g/mol. The van der Waals surface area contributed by atoms with Gasteiger partial charge in [-0.05, 0) is 56.5 Å². The van der Waals surface area contributed by atoms with Crippen LogP contribution in [0.2, 0.25) is 0 Å². The summed E-state index contributed by atoms with van der Waals surface area (Å²) in [5, 5.41) is 3.35. The number of rotatable bonds is 3. The third kappa shape index (κ3) is 3.34. The minimum absolute atomic E-state index is 0.134. The molecule has 0 atom stereocenters. The predicted molar refractivity (Wildman–Crippen MR) is 96.3 cm³/mol. The Balaban J connectivity index is 1.62. The Kier molecular flexibility index (Phi) is 4.69. The van der Waals surface area contributed by atoms with E-state index in [1.807, 2.05) is 6.07 Å². The highest BCUT2D eigenvalue weighted by Crippen LogP contribution is 2.36. The van der Waals surface area contributed by atoms with E-state index < -0.39 is 22.5 Å². The van der Waals surface area contributed by atoms with Crippen LogP contribution in [0.4, 0.5) is 14.5 Å². The SMILES string of the molecule is O=S(=O)(c1ccc2c(c1)N(C1CCNCC1)CC2)N1CCCC(F)(F)C1. The Hall–Kier alpha value is -1.25. The first-order valence-electron chi connectivity index (χ1n) is 9.35. The van der Waals surface area contributed by atoms with Gasteiger partial charge in [0.05, 0.1) is 11.4 Å². The van der Waals surface area contributed by atoms with Crippen molar-refractivity contribution in [1.29, 1.82) is 0 Å². The first-order chi connectivity index (χ1) is 12.4. The Labute approximate surface area is 153 Å². The Morgan fingerprint density at radius 2 is 1.92 bits per heavy atom. The first-order valence-corrected chi connectivity index (χ1v) is 10.8. The number of nitrogens with one attached hydrogen (secondary N) is 1. The van der Waals surface area contributed by atoms with Gasteiger partial charge in [0, 0.05) is 31.2 Å². The number of alkyl halides is 2. The highest BCUT2D eigenvalue weighted by molar-refractivity contribution is 7.89. The molecule has 0 saturated carbocycles. The number of sulfonamides is 1. The van der Waals surface area contributed by atoms with E-state index in [9.17, 15) is 17.2 Å². The van der Waals surface area contributed by atoms with Gasteiger partial charge in [0.25, 0.3) is 5.92 Å². The van der Waals surface area contributed by atoms with Gasteiger partial charge in [-0.1, -0.05) is 6.07 Å². The van der Waals surface area contributed by atoms with Gasteiger partial charge in [-0.2, -0.15) is 4.31 Å². The molecule has 0 unspecified atom stereocenters. The second-order valence-electron chi connectivity index (χ2n) is 7.51. The minimum Gasteiger partial charge on any atom is -0.368 e. The van der Waals surface area contributed by atoms with Crippen molar-refractivity contribution in [2.45, 2.75) is 49.0 Å². The van der Waals surface area contributed by atoms with Gasteiger partial charge in [-0.25, -0.2) is 17.2 Å². The molecule has 3 aliphatic rings. The molecule has 5 nitrogen and oxygen atoms in total. The van der Waals surface area contributed by atoms with Crippen molar-refractivity contribution in [3.05, 3.63) is 23.8 Å². The molecule has 0 aromatic heterocycles. The lowest BCUT2D eigenvalue weighted by Crippen LogP contribution is -2.45. The molecule has 2 fully saturated rings. The van der Waals surface area contributed by atoms with Crippen molar-refractivity contribution >= 4 is 15.7 Å². The summed E-state index contributed by atoms with van der Waals surface area (Å²) in [6.45, 7) is 2.28. The van der Waals surface area contributed by atoms with Crippen LogP contribution < -0.4 is 10.2 Å². The van der Waals surface area contributed by atoms with Crippen LogP contribution in [0.3, 0.4) is 0 Å². The molecule has 3 aliphatic heterocycles. The zero-order valence-electron chi connectivity index (χ0n) is 14.8. The number of halogens is 2. The number of benzene rings is 1. The van der Waals surface area contributed by atoms with E-state index in [1.165, 1.54) is 0 Å². The predicted octanol–water partition coefficient (Wildman–Crippen LogP) is 2.22. The summed E-state index contributed by atoms with van der Waals surface area (Å²) >= 11 is 0. The zero-order valence-corrected chi connectivity index (χ0v) is 15.6. The summed E-state index contributed by atoms with van der Waals surface area (Å²) in [5.74, 6) is -2.94. The average molecular weight is 385 g/mol. The molecule has 1 N–H and O–H groups in total. The second-order valence-corrected chi connectivity index (χ2v) is 9.45. The molecule has 2 saturated heterocycles. The number of nitrogens with zero attached hydrogens (tertiary/aromatic N) is 2. The van der Waals surface area contributed by atoms with Crippen LogP contribution >= 0.6 is 0 Å². The molecule has 0 aliphatic carbocycles. The van der Waals surface area contributed by atoms with Crippen molar-refractivity contribution in [3.8, 4) is 0 Å². The maximum atomic E-state index is 13.7. The lowest BCUT2D eigenvalue weighted by atomic mass is 10.0. The van der Waals surface area contributed by atoms with Gasteiger partial charge in [0.2, 0.25) is 10.0 Å². The number of fused-ring (bicyclic) bond motifs is 1. The van der Waals surface area contributed by atoms with E-state index in [0.717, 1.165) is 54.5 Å². The van der Waals surface area contributed by atoms with E-state index in [4.69, 9.17) is 0 Å². The van der Waals surface area contributed by atoms with Gasteiger partial charge < -0.3 is 10.2 Å². The fourth-order valence-electron chi connectivity index (χ4n) is 4.33. The molecular formula is C18H25F2N3O2S. The second kappa shape index (κ2) is 6.73. The average Bonchev–Trinajstić information content (AvgIpc) is 3.05. The van der Waals surface area contributed by atoms with Gasteiger partial charge >= 0.3 is 0 Å². The molecule has 1 aromatic rings. The standard InChI is InChI=1S/C18H25F2N3O2S/c19-18(20)7-1-10-22(13-18)26(24,25)16-3-2-14-6-11-23(17(14)12-16)15-4-8-21-9-5-15/h2-3,12,15,21H,1,4-11,13H2. The summed E-state index contributed by atoms with van der Waals surface area (Å²) in [6, 6.07) is 5.54. The zero-order chi connectivity index (χ0) is 18.4. The number of piperidine rings is 2. The molecule has 0 amide bonds. The highest BCUT2D eigenvalue weighted by atomic mass is 32.2. The Morgan fingerprint density at radius 3 is 2.65 bits per heavy atom. The molecule has 8 heteroatoms. The normalized spacial score (nSPS) is 24.6. The molecule has 0 radical (unpaired) electrons. The van der Waals surface area contributed by atoms with Gasteiger partial charge in [0.15, 0.2) is 0 Å². The quantitative estimate of drug-likeness (QED) is 0.867. The lowest BCUT2D eigenvalue weighted by Gasteiger charge is -2.34. The van der Waals surface area contributed by atoms with Crippen molar-refractivity contribution in [3.63, 3.8) is 0 Å². The lowest BCUT2D eigenvalue weighted by molar-refractivity contribution is -0.0434. The van der Waals surface area contributed by atoms with Crippen LogP contribution in [0, 0.1) is 0 Å². The van der Waals surface area contributed by atoms with Crippen LogP contribution in [0.5, 0.6) is 0 Å². The summed E-state index contributed by atoms with van der Waals surface area (Å²) in [5.41, 5.74) is 2.10. The molecule has 0 bridgehead atoms. The van der Waals surface area contributed by atoms with Crippen molar-refractivity contribution in [2.75, 3.05) is 37.6 Å². The van der Waals surface area contributed by atoms with E-state index in [1.54, 1.807) is 12.1 Å². The third-order valence-corrected chi connectivity index (χ3v) is 7.57. The summed E-state index contributed by atoms with van der Waals surface area (Å²) in [6.07, 6.45) is 2.93. The topological polar surface area (TPSA) is 52.7 Å². The molecule has 4 rings (SSSR count). The largest absolute Gasteiger partial charge is 0.368 e. The molecule has 144 valence electrons. The number of hydrogen-bond acceptors (Lipinski definition) is 4. The molecule has 3 heterocycles. The van der Waals surface area contributed by atoms with E-state index in [-0.39, 0.29) is 24.3 Å². The van der Waals surface area contributed by atoms with Gasteiger partial charge in [0.1, 0.15) is 0 Å². The summed E-state index contributed by atoms with van der Waals surface area (Å²) in [7, 11) is -3.89. The fourth-order valence-corrected chi connectivity index (χ4v) is 5.85. The molecule has 0 spiro atoms. The van der Waals surface area contributed by atoms with Crippen LogP contribution in [0.25, 0.3) is 0 Å².